The normalized spacial score (nSPS) is 10.8. The Labute approximate surface area is 127 Å². The van der Waals surface area contributed by atoms with Crippen LogP contribution < -0.4 is 4.90 Å². The van der Waals surface area contributed by atoms with Crippen LogP contribution in [0.2, 0.25) is 0 Å². The van der Waals surface area contributed by atoms with Crippen LogP contribution >= 0.6 is 0 Å². The number of carbonyl (C=O) groups excluding carboxylic acids is 1. The molecular weight excluding hydrogens is 264 g/mol. The van der Waals surface area contributed by atoms with Gasteiger partial charge in [0.05, 0.1) is 29.8 Å². The quantitative estimate of drug-likeness (QED) is 0.568. The van der Waals surface area contributed by atoms with Crippen LogP contribution in [0.15, 0.2) is 24.3 Å². The number of unbranched alkanes of at least 4 members (excludes halogenated alkanes) is 1. The predicted molar refractivity (Wildman–Crippen MR) is 84.3 cm³/mol. The van der Waals surface area contributed by atoms with Crippen molar-refractivity contribution in [3.05, 3.63) is 29.8 Å². The number of benzene rings is 1. The number of nitriles is 1. The molecule has 4 heteroatoms. The van der Waals surface area contributed by atoms with Gasteiger partial charge in [0.2, 0.25) is 0 Å². The van der Waals surface area contributed by atoms with Gasteiger partial charge in [0, 0.05) is 13.6 Å². The maximum absolute atomic E-state index is 11.8. The van der Waals surface area contributed by atoms with Crippen molar-refractivity contribution in [2.45, 2.75) is 33.1 Å². The molecule has 0 saturated carbocycles. The molecule has 4 nitrogen and oxygen atoms in total. The summed E-state index contributed by atoms with van der Waals surface area (Å²) in [5.41, 5.74) is 1.20. The number of ether oxygens (including phenoxy) is 1. The van der Waals surface area contributed by atoms with Crippen molar-refractivity contribution in [2.24, 2.45) is 5.41 Å². The van der Waals surface area contributed by atoms with E-state index in [4.69, 9.17) is 10.00 Å². The number of para-hydroxylation sites is 1. The Bertz CT molecular complexity index is 518. The third kappa shape index (κ3) is 5.11. The van der Waals surface area contributed by atoms with Crippen LogP contribution in [0.3, 0.4) is 0 Å². The van der Waals surface area contributed by atoms with E-state index in [1.54, 1.807) is 6.07 Å². The van der Waals surface area contributed by atoms with E-state index in [1.165, 1.54) is 7.11 Å². The topological polar surface area (TPSA) is 53.3 Å². The monoisotopic (exact) mass is 288 g/mol. The Hall–Kier alpha value is -2.02. The van der Waals surface area contributed by atoms with E-state index in [0.29, 0.717) is 5.56 Å². The second kappa shape index (κ2) is 7.68. The van der Waals surface area contributed by atoms with E-state index in [2.05, 4.69) is 11.0 Å². The van der Waals surface area contributed by atoms with Gasteiger partial charge in [-0.2, -0.15) is 5.26 Å². The molecule has 21 heavy (non-hydrogen) atoms. The fourth-order valence-corrected chi connectivity index (χ4v) is 2.18. The van der Waals surface area contributed by atoms with Gasteiger partial charge in [-0.3, -0.25) is 0 Å². The molecule has 0 heterocycles. The van der Waals surface area contributed by atoms with Crippen molar-refractivity contribution in [1.29, 1.82) is 5.26 Å². The average molecular weight is 288 g/mol. The minimum Gasteiger partial charge on any atom is -0.465 e. The molecular formula is C17H24N2O2. The van der Waals surface area contributed by atoms with Crippen molar-refractivity contribution in [1.82, 2.24) is 0 Å². The third-order valence-electron chi connectivity index (χ3n) is 3.57. The van der Waals surface area contributed by atoms with Crippen LogP contribution in [0.5, 0.6) is 0 Å². The van der Waals surface area contributed by atoms with Gasteiger partial charge in [0.25, 0.3) is 0 Å². The zero-order valence-corrected chi connectivity index (χ0v) is 13.3. The SMILES string of the molecule is COC(=O)c1ccccc1N(C)CCCCC(C)(C)C#N. The summed E-state index contributed by atoms with van der Waals surface area (Å²) < 4.78 is 4.81. The van der Waals surface area contributed by atoms with Crippen LogP contribution in [0.25, 0.3) is 0 Å². The zero-order valence-electron chi connectivity index (χ0n) is 13.3. The van der Waals surface area contributed by atoms with Gasteiger partial charge < -0.3 is 9.64 Å². The highest BCUT2D eigenvalue weighted by Crippen LogP contribution is 2.23. The summed E-state index contributed by atoms with van der Waals surface area (Å²) in [5, 5.41) is 8.99. The lowest BCUT2D eigenvalue weighted by Crippen LogP contribution is -2.22. The Morgan fingerprint density at radius 3 is 2.62 bits per heavy atom. The number of rotatable bonds is 7. The molecule has 1 rings (SSSR count). The molecule has 0 aliphatic rings. The Morgan fingerprint density at radius 1 is 1.33 bits per heavy atom. The summed E-state index contributed by atoms with van der Waals surface area (Å²) in [6, 6.07) is 9.76. The van der Waals surface area contributed by atoms with E-state index in [9.17, 15) is 4.79 Å². The maximum atomic E-state index is 11.8. The van der Waals surface area contributed by atoms with Gasteiger partial charge in [-0.25, -0.2) is 4.79 Å². The van der Waals surface area contributed by atoms with Gasteiger partial charge in [-0.05, 0) is 38.8 Å². The largest absolute Gasteiger partial charge is 0.465 e. The molecule has 1 aromatic carbocycles. The molecule has 0 bridgehead atoms. The highest BCUT2D eigenvalue weighted by Gasteiger charge is 2.17. The first-order valence-corrected chi connectivity index (χ1v) is 7.21. The van der Waals surface area contributed by atoms with Crippen LogP contribution in [-0.4, -0.2) is 26.7 Å². The maximum Gasteiger partial charge on any atom is 0.339 e. The van der Waals surface area contributed by atoms with Gasteiger partial charge >= 0.3 is 5.97 Å². The molecule has 0 N–H and O–H groups in total. The van der Waals surface area contributed by atoms with Gasteiger partial charge in [0.1, 0.15) is 0 Å². The summed E-state index contributed by atoms with van der Waals surface area (Å²) in [6.45, 7) is 4.77. The van der Waals surface area contributed by atoms with Crippen molar-refractivity contribution in [2.75, 3.05) is 25.6 Å². The lowest BCUT2D eigenvalue weighted by molar-refractivity contribution is 0.0601. The van der Waals surface area contributed by atoms with Gasteiger partial charge in [-0.15, -0.1) is 0 Å². The molecule has 0 atom stereocenters. The second-order valence-corrected chi connectivity index (χ2v) is 5.88. The molecule has 0 spiro atoms. The molecule has 0 radical (unpaired) electrons. The van der Waals surface area contributed by atoms with E-state index < -0.39 is 0 Å². The Balaban J connectivity index is 2.59. The number of hydrogen-bond acceptors (Lipinski definition) is 4. The fourth-order valence-electron chi connectivity index (χ4n) is 2.18. The number of nitrogens with zero attached hydrogens (tertiary/aromatic N) is 2. The summed E-state index contributed by atoms with van der Waals surface area (Å²) in [7, 11) is 3.36. The third-order valence-corrected chi connectivity index (χ3v) is 3.57. The van der Waals surface area contributed by atoms with Crippen LogP contribution in [0.4, 0.5) is 5.69 Å². The van der Waals surface area contributed by atoms with Crippen LogP contribution in [-0.2, 0) is 4.74 Å². The van der Waals surface area contributed by atoms with Crippen LogP contribution in [0.1, 0.15) is 43.5 Å². The zero-order chi connectivity index (χ0) is 15.9. The summed E-state index contributed by atoms with van der Waals surface area (Å²) in [5.74, 6) is -0.317. The highest BCUT2D eigenvalue weighted by molar-refractivity contribution is 5.95. The van der Waals surface area contributed by atoms with E-state index >= 15 is 0 Å². The first kappa shape index (κ1) is 17.0. The number of esters is 1. The first-order chi connectivity index (χ1) is 9.91. The predicted octanol–water partition coefficient (Wildman–Crippen LogP) is 3.63. The van der Waals surface area contributed by atoms with Crippen LogP contribution in [0, 0.1) is 16.7 Å². The van der Waals surface area contributed by atoms with E-state index in [0.717, 1.165) is 31.5 Å². The molecule has 0 fully saturated rings. The van der Waals surface area contributed by atoms with Crippen molar-refractivity contribution in [3.63, 3.8) is 0 Å². The molecule has 0 amide bonds. The summed E-state index contributed by atoms with van der Waals surface area (Å²) in [4.78, 5) is 13.8. The lowest BCUT2D eigenvalue weighted by Gasteiger charge is -2.22. The number of carbonyl (C=O) groups is 1. The highest BCUT2D eigenvalue weighted by atomic mass is 16.5. The number of anilines is 1. The van der Waals surface area contributed by atoms with Gasteiger partial charge in [0.15, 0.2) is 0 Å². The molecule has 0 aromatic heterocycles. The number of hydrogen-bond donors (Lipinski definition) is 0. The minimum absolute atomic E-state index is 0.261. The lowest BCUT2D eigenvalue weighted by atomic mass is 9.89. The van der Waals surface area contributed by atoms with Gasteiger partial charge in [-0.1, -0.05) is 18.6 Å². The molecule has 0 aliphatic heterocycles. The molecule has 0 saturated heterocycles. The average Bonchev–Trinajstić information content (AvgIpc) is 2.50. The Morgan fingerprint density at radius 2 is 2.00 bits per heavy atom. The van der Waals surface area contributed by atoms with E-state index in [1.807, 2.05) is 39.1 Å². The number of methoxy groups -OCH3 is 1. The van der Waals surface area contributed by atoms with Crippen molar-refractivity contribution in [3.8, 4) is 6.07 Å². The minimum atomic E-state index is -0.317. The molecule has 1 aromatic rings. The van der Waals surface area contributed by atoms with Crippen molar-refractivity contribution >= 4 is 11.7 Å². The molecule has 0 unspecified atom stereocenters. The summed E-state index contributed by atoms with van der Waals surface area (Å²) in [6.07, 6.45) is 2.86. The smallest absolute Gasteiger partial charge is 0.339 e. The summed E-state index contributed by atoms with van der Waals surface area (Å²) >= 11 is 0. The first-order valence-electron chi connectivity index (χ1n) is 7.21. The molecule has 0 aliphatic carbocycles. The van der Waals surface area contributed by atoms with E-state index in [-0.39, 0.29) is 11.4 Å². The molecule has 114 valence electrons. The second-order valence-electron chi connectivity index (χ2n) is 5.88. The Kier molecular flexibility index (Phi) is 6.23. The fraction of sp³-hybridized carbons (Fsp3) is 0.529. The van der Waals surface area contributed by atoms with Crippen molar-refractivity contribution < 1.29 is 9.53 Å². The standard InChI is InChI=1S/C17H24N2O2/c1-17(2,13-18)11-7-8-12-19(3)15-10-6-5-9-14(15)16(20)21-4/h5-6,9-10H,7-8,11-12H2,1-4H3.